The van der Waals surface area contributed by atoms with Crippen molar-refractivity contribution in [1.82, 2.24) is 9.80 Å². The predicted molar refractivity (Wildman–Crippen MR) is 167 cm³/mol. The lowest BCUT2D eigenvalue weighted by molar-refractivity contribution is -0.137. The van der Waals surface area contributed by atoms with Crippen molar-refractivity contribution in [2.75, 3.05) is 46.0 Å². The number of rotatable bonds is 10. The molecule has 11 nitrogen and oxygen atoms in total. The normalized spacial score (nSPS) is 26.6. The zero-order valence-electron chi connectivity index (χ0n) is 28.4. The lowest BCUT2D eigenvalue weighted by Crippen LogP contribution is -2.46. The van der Waals surface area contributed by atoms with Crippen molar-refractivity contribution in [2.45, 2.75) is 154 Å². The van der Waals surface area contributed by atoms with Crippen LogP contribution < -0.4 is 0 Å². The summed E-state index contributed by atoms with van der Waals surface area (Å²) in [5, 5.41) is 8.70. The van der Waals surface area contributed by atoms with E-state index in [0.717, 1.165) is 77.5 Å². The van der Waals surface area contributed by atoms with Crippen LogP contribution in [0.5, 0.6) is 0 Å². The van der Waals surface area contributed by atoms with E-state index in [0.29, 0.717) is 31.9 Å². The van der Waals surface area contributed by atoms with Gasteiger partial charge in [-0.25, -0.2) is 9.59 Å². The fourth-order valence-corrected chi connectivity index (χ4v) is 5.58. The zero-order valence-corrected chi connectivity index (χ0v) is 28.4. The van der Waals surface area contributed by atoms with Crippen molar-refractivity contribution in [3.8, 4) is 0 Å². The Bertz CT molecular complexity index is 776. The minimum atomic E-state index is -0.445. The third-order valence-electron chi connectivity index (χ3n) is 8.06. The van der Waals surface area contributed by atoms with Crippen LogP contribution in [0.3, 0.4) is 0 Å². The molecule has 0 atom stereocenters. The Morgan fingerprint density at radius 1 is 0.614 bits per heavy atom. The maximum absolute atomic E-state index is 12.0. The highest BCUT2D eigenvalue weighted by atomic mass is 16.6. The number of aliphatic hydroxyl groups is 1. The van der Waals surface area contributed by atoms with Crippen molar-refractivity contribution in [3.63, 3.8) is 0 Å². The SMILES string of the molecule is CC(C)(C)OC(=O)N1CCC(OC2CC(OCCO)C2)CC1.CCCOC1CC(OC2CCN(C(=O)OC(C)(C)C)CC2)C1. The molecule has 0 spiro atoms. The number of amides is 2. The largest absolute Gasteiger partial charge is 0.444 e. The summed E-state index contributed by atoms with van der Waals surface area (Å²) in [5.41, 5.74) is -0.871. The van der Waals surface area contributed by atoms with Crippen LogP contribution in [0.2, 0.25) is 0 Å². The minimum Gasteiger partial charge on any atom is -0.444 e. The van der Waals surface area contributed by atoms with E-state index in [4.69, 9.17) is 33.5 Å². The Balaban J connectivity index is 0.000000240. The van der Waals surface area contributed by atoms with Gasteiger partial charge in [0.15, 0.2) is 0 Å². The molecule has 0 radical (unpaired) electrons. The summed E-state index contributed by atoms with van der Waals surface area (Å²) in [4.78, 5) is 27.5. The highest BCUT2D eigenvalue weighted by Crippen LogP contribution is 2.31. The first-order chi connectivity index (χ1) is 20.7. The monoisotopic (exact) mass is 628 g/mol. The Labute approximate surface area is 265 Å². The maximum atomic E-state index is 12.0. The van der Waals surface area contributed by atoms with Gasteiger partial charge in [0.05, 0.1) is 49.8 Å². The number of likely N-dealkylation sites (tertiary alicyclic amines) is 2. The van der Waals surface area contributed by atoms with E-state index < -0.39 is 11.2 Å². The van der Waals surface area contributed by atoms with Gasteiger partial charge in [-0.1, -0.05) is 6.92 Å². The molecule has 256 valence electrons. The smallest absolute Gasteiger partial charge is 0.410 e. The highest BCUT2D eigenvalue weighted by Gasteiger charge is 2.36. The summed E-state index contributed by atoms with van der Waals surface area (Å²) in [6.45, 7) is 17.6. The van der Waals surface area contributed by atoms with Crippen LogP contribution in [0, 0.1) is 0 Å². The van der Waals surface area contributed by atoms with Gasteiger partial charge in [0.25, 0.3) is 0 Å². The Hall–Kier alpha value is -1.66. The number of hydrogen-bond donors (Lipinski definition) is 1. The molecule has 0 aromatic carbocycles. The van der Waals surface area contributed by atoms with Gasteiger partial charge in [0.1, 0.15) is 11.2 Å². The van der Waals surface area contributed by atoms with Crippen LogP contribution in [-0.2, 0) is 28.4 Å². The van der Waals surface area contributed by atoms with Gasteiger partial charge in [0, 0.05) is 32.8 Å². The summed E-state index contributed by atoms with van der Waals surface area (Å²) in [6.07, 6.45) is 9.75. The van der Waals surface area contributed by atoms with E-state index in [9.17, 15) is 9.59 Å². The van der Waals surface area contributed by atoms with E-state index in [-0.39, 0.29) is 43.2 Å². The molecule has 0 bridgehead atoms. The summed E-state index contributed by atoms with van der Waals surface area (Å²) in [5.74, 6) is 0. The average Bonchev–Trinajstić information content (AvgIpc) is 2.90. The van der Waals surface area contributed by atoms with Crippen molar-refractivity contribution in [3.05, 3.63) is 0 Å². The quantitative estimate of drug-likeness (QED) is 0.344. The first-order valence-corrected chi connectivity index (χ1v) is 16.9. The molecule has 1 N–H and O–H groups in total. The number of nitrogens with zero attached hydrogens (tertiary/aromatic N) is 2. The van der Waals surface area contributed by atoms with Crippen molar-refractivity contribution in [2.24, 2.45) is 0 Å². The van der Waals surface area contributed by atoms with E-state index in [1.165, 1.54) is 0 Å². The molecule has 2 saturated heterocycles. The van der Waals surface area contributed by atoms with Crippen LogP contribution in [0.1, 0.15) is 106 Å². The standard InChI is InChI=1S/C17H31NO4.C16H29NO5/c1-5-10-20-14-11-15(12-14)21-13-6-8-18(9-7-13)16(19)22-17(2,3)4;1-16(2,3)22-15(19)17-6-4-12(5-7-17)21-14-10-13(11-14)20-9-8-18/h13-15H,5-12H2,1-4H3;12-14,18H,4-11H2,1-3H3. The molecule has 4 fully saturated rings. The number of ether oxygens (including phenoxy) is 6. The second-order valence-electron chi connectivity index (χ2n) is 14.5. The van der Waals surface area contributed by atoms with Gasteiger partial charge >= 0.3 is 12.2 Å². The second-order valence-corrected chi connectivity index (χ2v) is 14.5. The number of aliphatic hydroxyl groups excluding tert-OH is 1. The van der Waals surface area contributed by atoms with Gasteiger partial charge in [-0.2, -0.15) is 0 Å². The zero-order chi connectivity index (χ0) is 32.3. The van der Waals surface area contributed by atoms with Crippen LogP contribution in [0.4, 0.5) is 9.59 Å². The predicted octanol–water partition coefficient (Wildman–Crippen LogP) is 5.30. The van der Waals surface area contributed by atoms with E-state index in [1.807, 2.05) is 41.5 Å². The molecular weight excluding hydrogens is 568 g/mol. The summed E-state index contributed by atoms with van der Waals surface area (Å²) >= 11 is 0. The molecule has 4 aliphatic rings. The van der Waals surface area contributed by atoms with E-state index in [1.54, 1.807) is 9.80 Å². The van der Waals surface area contributed by atoms with E-state index in [2.05, 4.69) is 6.92 Å². The number of piperidine rings is 2. The third kappa shape index (κ3) is 13.4. The molecule has 0 aromatic heterocycles. The second kappa shape index (κ2) is 17.3. The van der Waals surface area contributed by atoms with Gasteiger partial charge in [-0.15, -0.1) is 0 Å². The molecular formula is C33H60N2O9. The third-order valence-corrected chi connectivity index (χ3v) is 8.06. The van der Waals surface area contributed by atoms with Crippen molar-refractivity contribution in [1.29, 1.82) is 0 Å². The van der Waals surface area contributed by atoms with Crippen LogP contribution in [0.15, 0.2) is 0 Å². The van der Waals surface area contributed by atoms with Crippen LogP contribution >= 0.6 is 0 Å². The van der Waals surface area contributed by atoms with Gasteiger partial charge < -0.3 is 43.3 Å². The van der Waals surface area contributed by atoms with Gasteiger partial charge in [0.2, 0.25) is 0 Å². The molecule has 2 aliphatic carbocycles. The lowest BCUT2D eigenvalue weighted by Gasteiger charge is -2.40. The Morgan fingerprint density at radius 2 is 0.977 bits per heavy atom. The number of carbonyl (C=O) groups excluding carboxylic acids is 2. The molecule has 2 aliphatic heterocycles. The van der Waals surface area contributed by atoms with Crippen molar-refractivity contribution < 1.29 is 43.1 Å². The summed E-state index contributed by atoms with van der Waals surface area (Å²) < 4.78 is 34.1. The summed E-state index contributed by atoms with van der Waals surface area (Å²) in [7, 11) is 0. The molecule has 44 heavy (non-hydrogen) atoms. The maximum Gasteiger partial charge on any atom is 0.410 e. The molecule has 2 saturated carbocycles. The minimum absolute atomic E-state index is 0.0746. The van der Waals surface area contributed by atoms with Crippen molar-refractivity contribution >= 4 is 12.2 Å². The molecule has 0 unspecified atom stereocenters. The van der Waals surface area contributed by atoms with E-state index >= 15 is 0 Å². The fourth-order valence-electron chi connectivity index (χ4n) is 5.58. The lowest BCUT2D eigenvalue weighted by atomic mass is 9.91. The Morgan fingerprint density at radius 3 is 1.30 bits per heavy atom. The topological polar surface area (TPSA) is 116 Å². The molecule has 2 amide bonds. The fraction of sp³-hybridized carbons (Fsp3) is 0.939. The number of carbonyl (C=O) groups is 2. The average molecular weight is 629 g/mol. The summed E-state index contributed by atoms with van der Waals surface area (Å²) in [6, 6.07) is 0. The van der Waals surface area contributed by atoms with Gasteiger partial charge in [-0.05, 0) is 99.3 Å². The Kier molecular flexibility index (Phi) is 14.5. The highest BCUT2D eigenvalue weighted by molar-refractivity contribution is 5.68. The number of hydrogen-bond acceptors (Lipinski definition) is 9. The molecule has 0 aromatic rings. The first kappa shape index (κ1) is 36.8. The first-order valence-electron chi connectivity index (χ1n) is 16.9. The molecule has 11 heteroatoms. The molecule has 4 rings (SSSR count). The van der Waals surface area contributed by atoms with Crippen LogP contribution in [-0.4, -0.2) is 121 Å². The van der Waals surface area contributed by atoms with Gasteiger partial charge in [-0.3, -0.25) is 0 Å². The van der Waals surface area contributed by atoms with Crippen LogP contribution in [0.25, 0.3) is 0 Å². The molecule has 2 heterocycles.